The van der Waals surface area contributed by atoms with Gasteiger partial charge in [-0.15, -0.1) is 0 Å². The number of β-amino-alcohol motifs (C(OH)–C–C–N with tert-alkyl or cyclic N) is 1. The van der Waals surface area contributed by atoms with E-state index in [1.54, 1.807) is 16.9 Å². The molecule has 0 radical (unpaired) electrons. The summed E-state index contributed by atoms with van der Waals surface area (Å²) in [6.45, 7) is 3.66. The van der Waals surface area contributed by atoms with Crippen molar-refractivity contribution in [3.8, 4) is 0 Å². The number of carbonyl (C=O) groups is 1. The fraction of sp³-hybridized carbons (Fsp3) is 0.533. The molecule has 0 saturated carbocycles. The van der Waals surface area contributed by atoms with Crippen molar-refractivity contribution in [3.63, 3.8) is 0 Å². The number of hydrogen-bond donors (Lipinski definition) is 2. The van der Waals surface area contributed by atoms with Gasteiger partial charge in [-0.25, -0.2) is 23.2 Å². The molecule has 3 heterocycles. The third-order valence-electron chi connectivity index (χ3n) is 4.15. The summed E-state index contributed by atoms with van der Waals surface area (Å²) in [5, 5.41) is 17.4. The van der Waals surface area contributed by atoms with Gasteiger partial charge in [-0.1, -0.05) is 0 Å². The van der Waals surface area contributed by atoms with Crippen molar-refractivity contribution < 1.29 is 18.7 Å². The van der Waals surface area contributed by atoms with Gasteiger partial charge in [0.15, 0.2) is 5.65 Å². The van der Waals surface area contributed by atoms with E-state index in [9.17, 15) is 18.7 Å². The first-order chi connectivity index (χ1) is 11.3. The van der Waals surface area contributed by atoms with Gasteiger partial charge in [0.25, 0.3) is 6.43 Å². The maximum Gasteiger partial charge on any atom is 0.321 e. The highest BCUT2D eigenvalue weighted by atomic mass is 19.3. The predicted octanol–water partition coefficient (Wildman–Crippen LogP) is 2.25. The largest absolute Gasteiger partial charge is 0.382 e. The number of aromatic nitrogens is 3. The summed E-state index contributed by atoms with van der Waals surface area (Å²) in [6.07, 6.45) is 0.131. The third kappa shape index (κ3) is 2.91. The monoisotopic (exact) mass is 339 g/mol. The summed E-state index contributed by atoms with van der Waals surface area (Å²) in [5.74, 6) is 0. The van der Waals surface area contributed by atoms with E-state index in [-0.39, 0.29) is 19.0 Å². The van der Waals surface area contributed by atoms with Gasteiger partial charge in [0, 0.05) is 24.4 Å². The lowest BCUT2D eigenvalue weighted by molar-refractivity contribution is -0.0850. The fourth-order valence-corrected chi connectivity index (χ4v) is 2.76. The molecule has 130 valence electrons. The van der Waals surface area contributed by atoms with Gasteiger partial charge < -0.3 is 15.3 Å². The second kappa shape index (κ2) is 5.97. The Hall–Kier alpha value is -2.29. The van der Waals surface area contributed by atoms with E-state index in [2.05, 4.69) is 15.4 Å². The van der Waals surface area contributed by atoms with Crippen LogP contribution in [-0.2, 0) is 0 Å². The van der Waals surface area contributed by atoms with Crippen LogP contribution in [0.3, 0.4) is 0 Å². The number of carbonyl (C=O) groups excluding carboxylic acids is 1. The molecule has 1 atom stereocenters. The number of alkyl halides is 2. The van der Waals surface area contributed by atoms with Crippen LogP contribution >= 0.6 is 0 Å². The van der Waals surface area contributed by atoms with Crippen LogP contribution in [0.4, 0.5) is 19.3 Å². The molecule has 2 aromatic rings. The number of halogens is 2. The lowest BCUT2D eigenvalue weighted by Crippen LogP contribution is -2.42. The maximum atomic E-state index is 12.8. The molecule has 0 aliphatic carbocycles. The summed E-state index contributed by atoms with van der Waals surface area (Å²) in [6, 6.07) is 1.35. The summed E-state index contributed by atoms with van der Waals surface area (Å²) in [7, 11) is 0. The smallest absolute Gasteiger partial charge is 0.321 e. The number of aliphatic hydroxyl groups is 1. The summed E-state index contributed by atoms with van der Waals surface area (Å²) in [4.78, 5) is 17.7. The van der Waals surface area contributed by atoms with Gasteiger partial charge in [-0.05, 0) is 19.9 Å². The number of urea groups is 1. The number of anilines is 1. The zero-order valence-corrected chi connectivity index (χ0v) is 13.4. The normalized spacial score (nSPS) is 21.2. The van der Waals surface area contributed by atoms with Crippen molar-refractivity contribution in [1.29, 1.82) is 0 Å². The molecule has 1 fully saturated rings. The van der Waals surface area contributed by atoms with Crippen LogP contribution in [-0.4, -0.2) is 55.9 Å². The molecule has 1 aliphatic heterocycles. The minimum atomic E-state index is -2.88. The molecule has 2 aromatic heterocycles. The average Bonchev–Trinajstić information content (AvgIpc) is 3.11. The number of likely N-dealkylation sites (tertiary alicyclic amines) is 1. The van der Waals surface area contributed by atoms with Crippen LogP contribution < -0.4 is 5.32 Å². The van der Waals surface area contributed by atoms with Gasteiger partial charge in [0.05, 0.1) is 24.6 Å². The number of fused-ring (bicyclic) bond motifs is 1. The number of nitrogens with one attached hydrogen (secondary N) is 1. The first kappa shape index (κ1) is 16.6. The molecular formula is C15H19F2N5O2. The summed E-state index contributed by atoms with van der Waals surface area (Å²) >= 11 is 0. The van der Waals surface area contributed by atoms with Crippen LogP contribution in [0.25, 0.3) is 11.0 Å². The molecule has 2 N–H and O–H groups in total. The van der Waals surface area contributed by atoms with Gasteiger partial charge >= 0.3 is 6.03 Å². The van der Waals surface area contributed by atoms with Crippen molar-refractivity contribution in [2.24, 2.45) is 0 Å². The molecule has 2 amide bonds. The van der Waals surface area contributed by atoms with Crippen molar-refractivity contribution in [2.45, 2.75) is 38.3 Å². The Morgan fingerprint density at radius 1 is 1.42 bits per heavy atom. The minimum Gasteiger partial charge on any atom is -0.382 e. The van der Waals surface area contributed by atoms with Crippen molar-refractivity contribution in [2.75, 3.05) is 18.4 Å². The number of nitrogens with zero attached hydrogens (tertiary/aromatic N) is 4. The van der Waals surface area contributed by atoms with Crippen LogP contribution in [0.1, 0.15) is 26.3 Å². The zero-order chi connectivity index (χ0) is 17.5. The molecule has 9 heteroatoms. The van der Waals surface area contributed by atoms with E-state index < -0.39 is 24.6 Å². The second-order valence-electron chi connectivity index (χ2n) is 6.33. The van der Waals surface area contributed by atoms with Gasteiger partial charge in [0.1, 0.15) is 5.60 Å². The van der Waals surface area contributed by atoms with E-state index in [1.165, 1.54) is 11.1 Å². The highest BCUT2D eigenvalue weighted by Crippen LogP contribution is 2.28. The first-order valence-electron chi connectivity index (χ1n) is 7.70. The van der Waals surface area contributed by atoms with Crippen molar-refractivity contribution in [3.05, 3.63) is 18.5 Å². The second-order valence-corrected chi connectivity index (χ2v) is 6.33. The standard InChI is InChI=1S/C15H19F2N5O2/c1-9(2)22-12-10(6-19-22)5-11(7-18-12)20-14(23)21-4-3-15(24,8-21)13(16)17/h5-7,9,13,24H,3-4,8H2,1-2H3,(H,20,23). The lowest BCUT2D eigenvalue weighted by atomic mass is 10.1. The van der Waals surface area contributed by atoms with Crippen LogP contribution in [0.2, 0.25) is 0 Å². The number of hydrogen-bond acceptors (Lipinski definition) is 4. The van der Waals surface area contributed by atoms with Gasteiger partial charge in [0.2, 0.25) is 0 Å². The number of amides is 2. The molecule has 1 aliphatic rings. The van der Waals surface area contributed by atoms with E-state index in [4.69, 9.17) is 0 Å². The third-order valence-corrected chi connectivity index (χ3v) is 4.15. The molecule has 3 rings (SSSR count). The molecule has 0 bridgehead atoms. The van der Waals surface area contributed by atoms with E-state index in [0.29, 0.717) is 11.3 Å². The molecule has 0 spiro atoms. The van der Waals surface area contributed by atoms with E-state index in [1.807, 2.05) is 13.8 Å². The van der Waals surface area contributed by atoms with Crippen molar-refractivity contribution >= 4 is 22.8 Å². The SMILES string of the molecule is CC(C)n1ncc2cc(NC(=O)N3CCC(O)(C(F)F)C3)cnc21. The van der Waals surface area contributed by atoms with E-state index >= 15 is 0 Å². The number of rotatable bonds is 3. The minimum absolute atomic E-state index is 0.0770. The number of pyridine rings is 1. The fourth-order valence-electron chi connectivity index (χ4n) is 2.76. The highest BCUT2D eigenvalue weighted by molar-refractivity contribution is 5.91. The maximum absolute atomic E-state index is 12.8. The molecule has 7 nitrogen and oxygen atoms in total. The summed E-state index contributed by atoms with van der Waals surface area (Å²) in [5.41, 5.74) is -0.975. The van der Waals surface area contributed by atoms with Gasteiger partial charge in [-0.2, -0.15) is 5.10 Å². The Morgan fingerprint density at radius 2 is 2.17 bits per heavy atom. The molecule has 0 aromatic carbocycles. The summed E-state index contributed by atoms with van der Waals surface area (Å²) < 4.78 is 27.4. The van der Waals surface area contributed by atoms with Gasteiger partial charge in [-0.3, -0.25) is 0 Å². The Bertz CT molecular complexity index is 763. The van der Waals surface area contributed by atoms with Crippen LogP contribution in [0.5, 0.6) is 0 Å². The highest BCUT2D eigenvalue weighted by Gasteiger charge is 2.45. The van der Waals surface area contributed by atoms with Crippen LogP contribution in [0.15, 0.2) is 18.5 Å². The van der Waals surface area contributed by atoms with E-state index in [0.717, 1.165) is 5.39 Å². The average molecular weight is 339 g/mol. The Balaban J connectivity index is 1.72. The predicted molar refractivity (Wildman–Crippen MR) is 84.1 cm³/mol. The Labute approximate surface area is 137 Å². The Kier molecular flexibility index (Phi) is 4.12. The topological polar surface area (TPSA) is 83.3 Å². The Morgan fingerprint density at radius 3 is 2.79 bits per heavy atom. The quantitative estimate of drug-likeness (QED) is 0.898. The van der Waals surface area contributed by atoms with Crippen molar-refractivity contribution in [1.82, 2.24) is 19.7 Å². The van der Waals surface area contributed by atoms with Crippen LogP contribution in [0, 0.1) is 0 Å². The molecular weight excluding hydrogens is 320 g/mol. The molecule has 24 heavy (non-hydrogen) atoms. The molecule has 1 unspecified atom stereocenters. The first-order valence-corrected chi connectivity index (χ1v) is 7.70. The molecule has 1 saturated heterocycles. The lowest BCUT2D eigenvalue weighted by Gasteiger charge is -2.22. The zero-order valence-electron chi connectivity index (χ0n) is 13.4.